The van der Waals surface area contributed by atoms with E-state index < -0.39 is 11.9 Å². The van der Waals surface area contributed by atoms with Gasteiger partial charge in [0.1, 0.15) is 0 Å². The Labute approximate surface area is 149 Å². The largest absolute Gasteiger partial charge is 0.456 e. The maximum absolute atomic E-state index is 11.9. The van der Waals surface area contributed by atoms with Gasteiger partial charge in [0.2, 0.25) is 0 Å². The number of nitrogens with one attached hydrogen (secondary N) is 1. The number of aromatic nitrogens is 2. The highest BCUT2D eigenvalue weighted by Gasteiger charge is 2.10. The van der Waals surface area contributed by atoms with Gasteiger partial charge in [-0.3, -0.25) is 9.59 Å². The molecule has 0 bridgehead atoms. The van der Waals surface area contributed by atoms with Crippen molar-refractivity contribution < 1.29 is 14.3 Å². The zero-order valence-electron chi connectivity index (χ0n) is 13.9. The minimum atomic E-state index is -0.503. The predicted molar refractivity (Wildman–Crippen MR) is 98.0 cm³/mol. The van der Waals surface area contributed by atoms with Gasteiger partial charge in [0, 0.05) is 17.2 Å². The van der Waals surface area contributed by atoms with Crippen molar-refractivity contribution in [1.29, 1.82) is 0 Å². The molecule has 3 aromatic rings. The van der Waals surface area contributed by atoms with Crippen LogP contribution in [-0.4, -0.2) is 34.6 Å². The Morgan fingerprint density at radius 3 is 2.80 bits per heavy atom. The molecule has 0 fully saturated rings. The second-order valence-electron chi connectivity index (χ2n) is 5.35. The molecule has 0 aliphatic heterocycles. The van der Waals surface area contributed by atoms with Crippen LogP contribution in [-0.2, 0) is 14.3 Å². The summed E-state index contributed by atoms with van der Waals surface area (Å²) in [5.41, 5.74) is 5.54. The van der Waals surface area contributed by atoms with Crippen LogP contribution >= 0.6 is 11.8 Å². The molecule has 0 unspecified atom stereocenters. The molecule has 1 aromatic heterocycles. The number of hydrogen-bond acceptors (Lipinski definition) is 5. The van der Waals surface area contributed by atoms with Gasteiger partial charge in [-0.25, -0.2) is 5.43 Å². The van der Waals surface area contributed by atoms with Crippen molar-refractivity contribution in [1.82, 2.24) is 9.89 Å². The van der Waals surface area contributed by atoms with Crippen molar-refractivity contribution in [3.63, 3.8) is 0 Å². The molecule has 1 amide bonds. The molecule has 0 aliphatic carbocycles. The minimum Gasteiger partial charge on any atom is -0.456 e. The van der Waals surface area contributed by atoms with Crippen molar-refractivity contribution in [2.45, 2.75) is 11.8 Å². The maximum Gasteiger partial charge on any atom is 0.303 e. The number of ether oxygens (including phenoxy) is 1. The van der Waals surface area contributed by atoms with Crippen LogP contribution < -0.4 is 5.43 Å². The number of hydrogen-bond donors (Lipinski definition) is 1. The Balaban J connectivity index is 1.92. The van der Waals surface area contributed by atoms with Crippen molar-refractivity contribution in [2.24, 2.45) is 0 Å². The Bertz CT molecular complexity index is 936. The maximum atomic E-state index is 11.9. The van der Waals surface area contributed by atoms with Crippen molar-refractivity contribution in [2.75, 3.05) is 18.3 Å². The first-order valence-corrected chi connectivity index (χ1v) is 8.85. The monoisotopic (exact) mass is 355 g/mol. The molecular weight excluding hydrogens is 338 g/mol. The number of esters is 1. The first-order chi connectivity index (χ1) is 12.1. The van der Waals surface area contributed by atoms with E-state index in [1.165, 1.54) is 16.6 Å². The summed E-state index contributed by atoms with van der Waals surface area (Å²) in [6.07, 6.45) is 3.71. The van der Waals surface area contributed by atoms with Crippen LogP contribution in [0.25, 0.3) is 22.0 Å². The molecule has 0 saturated heterocycles. The number of nitrogens with zero attached hydrogens (tertiary/aromatic N) is 2. The number of carbonyl (C=O) groups excluding carboxylic acids is 2. The summed E-state index contributed by atoms with van der Waals surface area (Å²) in [7, 11) is 0. The van der Waals surface area contributed by atoms with E-state index in [2.05, 4.69) is 22.7 Å². The Hall–Kier alpha value is -2.80. The van der Waals surface area contributed by atoms with Gasteiger partial charge in [-0.1, -0.05) is 30.3 Å². The number of rotatable bonds is 5. The average molecular weight is 355 g/mol. The molecule has 0 atom stereocenters. The molecule has 3 rings (SSSR count). The van der Waals surface area contributed by atoms with Gasteiger partial charge in [-0.15, -0.1) is 11.8 Å². The molecule has 0 radical (unpaired) electrons. The summed E-state index contributed by atoms with van der Waals surface area (Å²) >= 11 is 1.68. The fraction of sp³-hybridized carbons (Fsp3) is 0.167. The topological polar surface area (TPSA) is 73.2 Å². The lowest BCUT2D eigenvalue weighted by Gasteiger charge is -2.09. The normalized spacial score (nSPS) is 10.6. The zero-order valence-corrected chi connectivity index (χ0v) is 14.7. The summed E-state index contributed by atoms with van der Waals surface area (Å²) in [5, 5.41) is 5.08. The summed E-state index contributed by atoms with van der Waals surface area (Å²) in [6.45, 7) is 0.914. The number of carbonyl (C=O) groups is 2. The predicted octanol–water partition coefficient (Wildman–Crippen LogP) is 3.06. The van der Waals surface area contributed by atoms with Gasteiger partial charge in [0.25, 0.3) is 5.91 Å². The Morgan fingerprint density at radius 2 is 2.04 bits per heavy atom. The lowest BCUT2D eigenvalue weighted by atomic mass is 10.0. The van der Waals surface area contributed by atoms with Crippen LogP contribution in [0.3, 0.4) is 0 Å². The lowest BCUT2D eigenvalue weighted by Crippen LogP contribution is -2.28. The van der Waals surface area contributed by atoms with Crippen LogP contribution in [0.4, 0.5) is 0 Å². The quantitative estimate of drug-likeness (QED) is 0.562. The van der Waals surface area contributed by atoms with Gasteiger partial charge in [-0.05, 0) is 29.5 Å². The summed E-state index contributed by atoms with van der Waals surface area (Å²) < 4.78 is 4.69. The van der Waals surface area contributed by atoms with Crippen molar-refractivity contribution in [3.05, 3.63) is 48.7 Å². The van der Waals surface area contributed by atoms with E-state index >= 15 is 0 Å². The molecular formula is C18H17N3O3S. The third-order valence-corrected chi connectivity index (χ3v) is 4.42. The minimum absolute atomic E-state index is 0.342. The Kier molecular flexibility index (Phi) is 5.04. The van der Waals surface area contributed by atoms with Gasteiger partial charge in [-0.2, -0.15) is 9.89 Å². The molecule has 0 saturated carbocycles. The van der Waals surface area contributed by atoms with Crippen LogP contribution in [0.15, 0.2) is 53.6 Å². The number of benzene rings is 2. The molecule has 6 nitrogen and oxygen atoms in total. The van der Waals surface area contributed by atoms with Gasteiger partial charge in [0.05, 0.1) is 11.7 Å². The van der Waals surface area contributed by atoms with Crippen molar-refractivity contribution in [3.8, 4) is 11.1 Å². The first-order valence-electron chi connectivity index (χ1n) is 7.63. The smallest absolute Gasteiger partial charge is 0.303 e. The van der Waals surface area contributed by atoms with Gasteiger partial charge >= 0.3 is 5.97 Å². The molecule has 7 heteroatoms. The SMILES string of the molecule is CSc1ccccc1-c1ccc2cnn(NC(=O)COC(C)=O)c2c1. The second kappa shape index (κ2) is 7.40. The van der Waals surface area contributed by atoms with E-state index in [0.29, 0.717) is 0 Å². The highest BCUT2D eigenvalue weighted by Crippen LogP contribution is 2.31. The Morgan fingerprint density at radius 1 is 1.24 bits per heavy atom. The standard InChI is InChI=1S/C18H17N3O3S/c1-12(22)24-11-18(23)20-21-16-9-13(7-8-14(16)10-19-21)15-5-3-4-6-17(15)25-2/h3-10H,11H2,1-2H3,(H,20,23). The summed E-state index contributed by atoms with van der Waals surface area (Å²) in [4.78, 5) is 25.2. The molecule has 128 valence electrons. The van der Waals surface area contributed by atoms with Crippen LogP contribution in [0.2, 0.25) is 0 Å². The number of fused-ring (bicyclic) bond motifs is 1. The average Bonchev–Trinajstić information content (AvgIpc) is 3.02. The lowest BCUT2D eigenvalue weighted by molar-refractivity contribution is -0.145. The van der Waals surface area contributed by atoms with E-state index in [-0.39, 0.29) is 6.61 Å². The van der Waals surface area contributed by atoms with Crippen LogP contribution in [0.5, 0.6) is 0 Å². The first kappa shape index (κ1) is 17.0. The summed E-state index contributed by atoms with van der Waals surface area (Å²) in [5.74, 6) is -0.952. The number of thioether (sulfide) groups is 1. The highest BCUT2D eigenvalue weighted by molar-refractivity contribution is 7.98. The van der Waals surface area contributed by atoms with Crippen LogP contribution in [0.1, 0.15) is 6.92 Å². The molecule has 1 heterocycles. The molecule has 0 spiro atoms. The van der Waals surface area contributed by atoms with Gasteiger partial charge < -0.3 is 4.74 Å². The molecule has 2 aromatic carbocycles. The van der Waals surface area contributed by atoms with Crippen LogP contribution in [0, 0.1) is 0 Å². The third-order valence-electron chi connectivity index (χ3n) is 3.63. The van der Waals surface area contributed by atoms with E-state index in [9.17, 15) is 9.59 Å². The van der Waals surface area contributed by atoms with E-state index in [0.717, 1.165) is 22.0 Å². The van der Waals surface area contributed by atoms with E-state index in [1.807, 2.05) is 36.6 Å². The molecule has 0 aliphatic rings. The molecule has 1 N–H and O–H groups in total. The fourth-order valence-corrected chi connectivity index (χ4v) is 3.10. The van der Waals surface area contributed by atoms with Crippen molar-refractivity contribution >= 4 is 34.5 Å². The highest BCUT2D eigenvalue weighted by atomic mass is 32.2. The van der Waals surface area contributed by atoms with Gasteiger partial charge in [0.15, 0.2) is 6.61 Å². The molecule has 25 heavy (non-hydrogen) atoms. The second-order valence-corrected chi connectivity index (χ2v) is 6.19. The third kappa shape index (κ3) is 3.83. The fourth-order valence-electron chi connectivity index (χ4n) is 2.48. The summed E-state index contributed by atoms with van der Waals surface area (Å²) in [6, 6.07) is 14.1. The number of amides is 1. The van der Waals surface area contributed by atoms with E-state index in [4.69, 9.17) is 4.74 Å². The zero-order chi connectivity index (χ0) is 17.8. The van der Waals surface area contributed by atoms with E-state index in [1.54, 1.807) is 18.0 Å².